The second-order valence-corrected chi connectivity index (χ2v) is 5.27. The minimum Gasteiger partial charge on any atom is -0.313 e. The van der Waals surface area contributed by atoms with E-state index >= 15 is 0 Å². The van der Waals surface area contributed by atoms with Gasteiger partial charge in [-0.25, -0.2) is 8.78 Å². The molecule has 0 aliphatic heterocycles. The van der Waals surface area contributed by atoms with E-state index in [1.165, 1.54) is 24.3 Å². The molecule has 1 nitrogen and oxygen atoms in total. The summed E-state index contributed by atoms with van der Waals surface area (Å²) in [5, 5.41) is 3.66. The predicted molar refractivity (Wildman–Crippen MR) is 78.3 cm³/mol. The number of hydrogen-bond acceptors (Lipinski definition) is 1. The van der Waals surface area contributed by atoms with Gasteiger partial charge in [-0.1, -0.05) is 29.3 Å². The van der Waals surface area contributed by atoms with E-state index < -0.39 is 5.82 Å². The van der Waals surface area contributed by atoms with Gasteiger partial charge in [0, 0.05) is 11.1 Å². The zero-order chi connectivity index (χ0) is 14.7. The van der Waals surface area contributed by atoms with E-state index in [1.54, 1.807) is 19.2 Å². The molecule has 5 heteroatoms. The molecule has 0 saturated heterocycles. The van der Waals surface area contributed by atoms with Crippen LogP contribution in [-0.2, 0) is 6.42 Å². The first-order valence-electron chi connectivity index (χ1n) is 6.07. The number of hydrogen-bond donors (Lipinski definition) is 1. The molecule has 0 radical (unpaired) electrons. The molecule has 20 heavy (non-hydrogen) atoms. The van der Waals surface area contributed by atoms with Gasteiger partial charge in [-0.3, -0.25) is 0 Å². The lowest BCUT2D eigenvalue weighted by Crippen LogP contribution is -2.19. The van der Waals surface area contributed by atoms with Crippen molar-refractivity contribution in [3.63, 3.8) is 0 Å². The number of rotatable bonds is 4. The quantitative estimate of drug-likeness (QED) is 0.856. The van der Waals surface area contributed by atoms with Crippen LogP contribution in [0.15, 0.2) is 36.4 Å². The fourth-order valence-electron chi connectivity index (χ4n) is 2.04. The molecule has 0 bridgehead atoms. The van der Waals surface area contributed by atoms with E-state index in [0.29, 0.717) is 17.0 Å². The molecule has 0 aromatic heterocycles. The average molecular weight is 316 g/mol. The fraction of sp³-hybridized carbons (Fsp3) is 0.200. The highest BCUT2D eigenvalue weighted by molar-refractivity contribution is 6.31. The Morgan fingerprint density at radius 1 is 1.05 bits per heavy atom. The molecule has 2 rings (SSSR count). The number of nitrogens with one attached hydrogen (secondary N) is 1. The molecule has 0 aliphatic rings. The van der Waals surface area contributed by atoms with Crippen molar-refractivity contribution in [2.24, 2.45) is 0 Å². The molecule has 0 saturated carbocycles. The van der Waals surface area contributed by atoms with E-state index in [9.17, 15) is 8.78 Å². The van der Waals surface area contributed by atoms with Crippen LogP contribution in [0.3, 0.4) is 0 Å². The van der Waals surface area contributed by atoms with Gasteiger partial charge in [-0.15, -0.1) is 0 Å². The lowest BCUT2D eigenvalue weighted by atomic mass is 9.99. The van der Waals surface area contributed by atoms with E-state index in [4.69, 9.17) is 23.2 Å². The molecular formula is C15H13Cl2F2N. The second-order valence-electron chi connectivity index (χ2n) is 4.45. The molecule has 1 atom stereocenters. The van der Waals surface area contributed by atoms with Gasteiger partial charge in [0.1, 0.15) is 11.6 Å². The van der Waals surface area contributed by atoms with Crippen LogP contribution in [0.5, 0.6) is 0 Å². The highest BCUT2D eigenvalue weighted by Gasteiger charge is 2.14. The minimum absolute atomic E-state index is 0.0630. The normalized spacial score (nSPS) is 12.4. The van der Waals surface area contributed by atoms with Gasteiger partial charge < -0.3 is 5.32 Å². The Kier molecular flexibility index (Phi) is 4.97. The second kappa shape index (κ2) is 6.53. The summed E-state index contributed by atoms with van der Waals surface area (Å²) in [6.07, 6.45) is 0.481. The molecule has 2 aromatic rings. The first kappa shape index (κ1) is 15.2. The van der Waals surface area contributed by atoms with Crippen molar-refractivity contribution in [3.05, 3.63) is 69.2 Å². The van der Waals surface area contributed by atoms with Gasteiger partial charge >= 0.3 is 0 Å². The van der Waals surface area contributed by atoms with E-state index in [-0.39, 0.29) is 16.9 Å². The maximum absolute atomic E-state index is 13.3. The summed E-state index contributed by atoms with van der Waals surface area (Å²) in [6.45, 7) is 0. The zero-order valence-electron chi connectivity index (χ0n) is 10.8. The summed E-state index contributed by atoms with van der Waals surface area (Å²) >= 11 is 11.8. The Balaban J connectivity index is 2.28. The van der Waals surface area contributed by atoms with Crippen molar-refractivity contribution in [2.75, 3.05) is 7.05 Å². The highest BCUT2D eigenvalue weighted by Crippen LogP contribution is 2.26. The van der Waals surface area contributed by atoms with Crippen LogP contribution in [0.2, 0.25) is 10.0 Å². The Morgan fingerprint density at radius 3 is 2.45 bits per heavy atom. The van der Waals surface area contributed by atoms with Crippen LogP contribution in [0.1, 0.15) is 17.2 Å². The minimum atomic E-state index is -0.464. The summed E-state index contributed by atoms with van der Waals surface area (Å²) in [4.78, 5) is 0. The van der Waals surface area contributed by atoms with Gasteiger partial charge in [-0.05, 0) is 54.9 Å². The molecule has 1 N–H and O–H groups in total. The van der Waals surface area contributed by atoms with Crippen molar-refractivity contribution >= 4 is 23.2 Å². The van der Waals surface area contributed by atoms with Crippen LogP contribution >= 0.6 is 23.2 Å². The number of likely N-dealkylation sites (N-methyl/N-ethyl adjacent to an activating group) is 1. The van der Waals surface area contributed by atoms with Gasteiger partial charge in [0.25, 0.3) is 0 Å². The molecule has 0 heterocycles. The lowest BCUT2D eigenvalue weighted by molar-refractivity contribution is 0.580. The molecular weight excluding hydrogens is 303 g/mol. The molecule has 0 fully saturated rings. The van der Waals surface area contributed by atoms with E-state index in [1.807, 2.05) is 0 Å². The van der Waals surface area contributed by atoms with Gasteiger partial charge in [0.15, 0.2) is 0 Å². The summed E-state index contributed by atoms with van der Waals surface area (Å²) < 4.78 is 26.5. The Hall–Kier alpha value is -1.16. The molecule has 0 aliphatic carbocycles. The van der Waals surface area contributed by atoms with Crippen molar-refractivity contribution in [3.8, 4) is 0 Å². The Morgan fingerprint density at radius 2 is 1.80 bits per heavy atom. The lowest BCUT2D eigenvalue weighted by Gasteiger charge is -2.18. The van der Waals surface area contributed by atoms with Crippen LogP contribution in [0.25, 0.3) is 0 Å². The highest BCUT2D eigenvalue weighted by atomic mass is 35.5. The fourth-order valence-corrected chi connectivity index (χ4v) is 2.42. The van der Waals surface area contributed by atoms with E-state index in [0.717, 1.165) is 5.56 Å². The van der Waals surface area contributed by atoms with E-state index in [2.05, 4.69) is 5.32 Å². The SMILES string of the molecule is CNC(Cc1cc(F)ccc1Cl)c1ccc(F)c(Cl)c1. The summed E-state index contributed by atoms with van der Waals surface area (Å²) in [5.41, 5.74) is 1.51. The van der Waals surface area contributed by atoms with Crippen molar-refractivity contribution in [1.82, 2.24) is 5.32 Å². The topological polar surface area (TPSA) is 12.0 Å². The first-order valence-corrected chi connectivity index (χ1v) is 6.83. The third-order valence-corrected chi connectivity index (χ3v) is 3.78. The molecule has 1 unspecified atom stereocenters. The van der Waals surface area contributed by atoms with Crippen LogP contribution in [0.4, 0.5) is 8.78 Å². The monoisotopic (exact) mass is 315 g/mol. The maximum Gasteiger partial charge on any atom is 0.141 e. The van der Waals surface area contributed by atoms with Crippen LogP contribution in [-0.4, -0.2) is 7.05 Å². The Labute approximate surface area is 126 Å². The predicted octanol–water partition coefficient (Wildman–Crippen LogP) is 4.77. The Bertz CT molecular complexity index is 617. The summed E-state index contributed by atoms with van der Waals surface area (Å²) in [6, 6.07) is 8.63. The first-order chi connectivity index (χ1) is 9.51. The summed E-state index contributed by atoms with van der Waals surface area (Å²) in [7, 11) is 1.77. The smallest absolute Gasteiger partial charge is 0.141 e. The van der Waals surface area contributed by atoms with Crippen molar-refractivity contribution in [1.29, 1.82) is 0 Å². The van der Waals surface area contributed by atoms with Gasteiger partial charge in [-0.2, -0.15) is 0 Å². The average Bonchev–Trinajstić information content (AvgIpc) is 2.43. The van der Waals surface area contributed by atoms with Gasteiger partial charge in [0.05, 0.1) is 5.02 Å². The molecule has 0 spiro atoms. The third kappa shape index (κ3) is 3.48. The molecule has 2 aromatic carbocycles. The standard InChI is InChI=1S/C15H13Cl2F2N/c1-20-15(9-2-5-14(19)13(17)7-9)8-10-6-11(18)3-4-12(10)16/h2-7,15,20H,8H2,1H3. The van der Waals surface area contributed by atoms with Crippen LogP contribution in [0, 0.1) is 11.6 Å². The number of halogens is 4. The molecule has 0 amide bonds. The van der Waals surface area contributed by atoms with Crippen molar-refractivity contribution < 1.29 is 8.78 Å². The molecule has 106 valence electrons. The van der Waals surface area contributed by atoms with Crippen molar-refractivity contribution in [2.45, 2.75) is 12.5 Å². The van der Waals surface area contributed by atoms with Crippen LogP contribution < -0.4 is 5.32 Å². The maximum atomic E-state index is 13.3. The summed E-state index contributed by atoms with van der Waals surface area (Å²) in [5.74, 6) is -0.801. The third-order valence-electron chi connectivity index (χ3n) is 3.13. The zero-order valence-corrected chi connectivity index (χ0v) is 12.3. The van der Waals surface area contributed by atoms with Gasteiger partial charge in [0.2, 0.25) is 0 Å². The largest absolute Gasteiger partial charge is 0.313 e. The number of benzene rings is 2.